The summed E-state index contributed by atoms with van der Waals surface area (Å²) in [5.74, 6) is 1.74. The van der Waals surface area contributed by atoms with Gasteiger partial charge in [-0.1, -0.05) is 42.9 Å². The van der Waals surface area contributed by atoms with Gasteiger partial charge in [0, 0.05) is 27.3 Å². The van der Waals surface area contributed by atoms with Crippen LogP contribution in [0.15, 0.2) is 0 Å². The molecule has 0 saturated heterocycles. The second-order valence-electron chi connectivity index (χ2n) is 5.57. The highest BCUT2D eigenvalue weighted by molar-refractivity contribution is 9.09. The third-order valence-corrected chi connectivity index (χ3v) is 7.76. The highest BCUT2D eigenvalue weighted by Gasteiger charge is 2.36. The molecule has 0 spiro atoms. The summed E-state index contributed by atoms with van der Waals surface area (Å²) in [6.45, 7) is 11.4. The smallest absolute Gasteiger partial charge is 0.0497 e. The van der Waals surface area contributed by atoms with E-state index in [2.05, 4.69) is 42.9 Å². The van der Waals surface area contributed by atoms with E-state index in [0.29, 0.717) is 5.04 Å². The normalized spacial score (nSPS) is 27.0. The molecule has 1 saturated carbocycles. The Bertz CT molecular complexity index is 182. The van der Waals surface area contributed by atoms with Crippen molar-refractivity contribution in [2.24, 2.45) is 11.8 Å². The van der Waals surface area contributed by atoms with E-state index in [0.717, 1.165) is 30.4 Å². The van der Waals surface area contributed by atoms with Crippen LogP contribution in [0.3, 0.4) is 0 Å². The van der Waals surface area contributed by atoms with Crippen molar-refractivity contribution in [2.75, 3.05) is 18.5 Å². The fraction of sp³-hybridized carbons (Fsp3) is 1.00. The summed E-state index contributed by atoms with van der Waals surface area (Å²) in [5.41, 5.74) is 0. The van der Waals surface area contributed by atoms with Gasteiger partial charge < -0.3 is 4.74 Å². The van der Waals surface area contributed by atoms with Crippen LogP contribution in [0.5, 0.6) is 0 Å². The van der Waals surface area contributed by atoms with Crippen LogP contribution < -0.4 is 0 Å². The van der Waals surface area contributed by atoms with Crippen molar-refractivity contribution in [1.82, 2.24) is 0 Å². The van der Waals surface area contributed by atoms with E-state index in [1.807, 2.05) is 0 Å². The lowest BCUT2D eigenvalue weighted by atomic mass is 10.2. The quantitative estimate of drug-likeness (QED) is 0.535. The van der Waals surface area contributed by atoms with E-state index in [1.165, 1.54) is 6.42 Å². The first-order chi connectivity index (χ1) is 6.47. The molecule has 0 radical (unpaired) electrons. The molecule has 0 amide bonds. The van der Waals surface area contributed by atoms with Gasteiger partial charge in [0.2, 0.25) is 0 Å². The Labute approximate surface area is 98.3 Å². The maximum Gasteiger partial charge on any atom is 0.0497 e. The Hall–Kier alpha value is 0.657. The molecule has 2 atom stereocenters. The SMILES string of the molecule is C[SiH](C)C(C)(C)COC[C@@H]1C[C@@H]1CBr. The van der Waals surface area contributed by atoms with Gasteiger partial charge in [-0.2, -0.15) is 0 Å². The molecule has 3 heteroatoms. The van der Waals surface area contributed by atoms with Crippen LogP contribution in [-0.2, 0) is 4.74 Å². The van der Waals surface area contributed by atoms with E-state index >= 15 is 0 Å². The molecule has 0 heterocycles. The second-order valence-corrected chi connectivity index (χ2v) is 10.1. The Morgan fingerprint density at radius 2 is 2.00 bits per heavy atom. The molecule has 84 valence electrons. The fourth-order valence-corrected chi connectivity index (χ4v) is 2.59. The summed E-state index contributed by atoms with van der Waals surface area (Å²) in [5, 5.41) is 1.61. The van der Waals surface area contributed by atoms with Crippen LogP contribution in [0.25, 0.3) is 0 Å². The summed E-state index contributed by atoms with van der Waals surface area (Å²) in [4.78, 5) is 0. The number of hydrogen-bond donors (Lipinski definition) is 0. The number of hydrogen-bond acceptors (Lipinski definition) is 1. The van der Waals surface area contributed by atoms with E-state index in [-0.39, 0.29) is 0 Å². The Morgan fingerprint density at radius 3 is 2.43 bits per heavy atom. The predicted octanol–water partition coefficient (Wildman–Crippen LogP) is 3.30. The van der Waals surface area contributed by atoms with E-state index in [1.54, 1.807) is 0 Å². The van der Waals surface area contributed by atoms with Crippen LogP contribution in [0.1, 0.15) is 20.3 Å². The summed E-state index contributed by atoms with van der Waals surface area (Å²) in [7, 11) is -0.579. The maximum absolute atomic E-state index is 5.83. The monoisotopic (exact) mass is 278 g/mol. The number of rotatable bonds is 6. The van der Waals surface area contributed by atoms with Gasteiger partial charge in [-0.25, -0.2) is 0 Å². The molecule has 0 aromatic rings. The zero-order valence-corrected chi connectivity index (χ0v) is 12.6. The van der Waals surface area contributed by atoms with E-state index in [4.69, 9.17) is 4.74 Å². The standard InChI is InChI=1S/C11H23BrOSi/c1-11(2,14(3)4)8-13-7-10-5-9(10)6-12/h9-10,14H,5-8H2,1-4H3/t9-,10+/m1/s1. The van der Waals surface area contributed by atoms with Crippen molar-refractivity contribution in [3.63, 3.8) is 0 Å². The topological polar surface area (TPSA) is 9.23 Å². The van der Waals surface area contributed by atoms with Crippen molar-refractivity contribution in [3.8, 4) is 0 Å². The summed E-state index contributed by atoms with van der Waals surface area (Å²) >= 11 is 3.52. The van der Waals surface area contributed by atoms with Crippen LogP contribution in [0.2, 0.25) is 18.1 Å². The van der Waals surface area contributed by atoms with Gasteiger partial charge in [0.25, 0.3) is 0 Å². The highest BCUT2D eigenvalue weighted by atomic mass is 79.9. The van der Waals surface area contributed by atoms with Gasteiger partial charge in [0.05, 0.1) is 0 Å². The molecule has 1 aliphatic carbocycles. The van der Waals surface area contributed by atoms with Crippen LogP contribution in [0.4, 0.5) is 0 Å². The lowest BCUT2D eigenvalue weighted by Crippen LogP contribution is -2.26. The molecule has 1 aliphatic rings. The average Bonchev–Trinajstić information content (AvgIpc) is 2.83. The molecule has 0 aromatic carbocycles. The predicted molar refractivity (Wildman–Crippen MR) is 69.1 cm³/mol. The van der Waals surface area contributed by atoms with Gasteiger partial charge in [-0.15, -0.1) is 0 Å². The first-order valence-electron chi connectivity index (χ1n) is 5.61. The van der Waals surface area contributed by atoms with Crippen LogP contribution >= 0.6 is 15.9 Å². The van der Waals surface area contributed by atoms with E-state index < -0.39 is 8.80 Å². The first kappa shape index (κ1) is 12.7. The van der Waals surface area contributed by atoms with Crippen molar-refractivity contribution < 1.29 is 4.74 Å². The minimum absolute atomic E-state index is 0.457. The number of halogens is 1. The van der Waals surface area contributed by atoms with Crippen LogP contribution in [0, 0.1) is 11.8 Å². The third kappa shape index (κ3) is 3.67. The van der Waals surface area contributed by atoms with Gasteiger partial charge in [0.1, 0.15) is 0 Å². The number of ether oxygens (including phenoxy) is 1. The molecule has 0 bridgehead atoms. The zero-order chi connectivity index (χ0) is 10.8. The second kappa shape index (κ2) is 5.13. The first-order valence-corrected chi connectivity index (χ1v) is 9.62. The molecule has 0 aliphatic heterocycles. The van der Waals surface area contributed by atoms with Gasteiger partial charge in [0.15, 0.2) is 0 Å². The van der Waals surface area contributed by atoms with E-state index in [9.17, 15) is 0 Å². The summed E-state index contributed by atoms with van der Waals surface area (Å²) in [6.07, 6.45) is 1.37. The lowest BCUT2D eigenvalue weighted by molar-refractivity contribution is 0.102. The Balaban J connectivity index is 2.10. The molecule has 1 nitrogen and oxygen atoms in total. The van der Waals surface area contributed by atoms with Gasteiger partial charge in [-0.05, 0) is 23.3 Å². The minimum atomic E-state index is -0.579. The molecule has 1 fully saturated rings. The van der Waals surface area contributed by atoms with Crippen molar-refractivity contribution in [1.29, 1.82) is 0 Å². The largest absolute Gasteiger partial charge is 0.381 e. The minimum Gasteiger partial charge on any atom is -0.381 e. The third-order valence-electron chi connectivity index (χ3n) is 3.64. The molecule has 0 N–H and O–H groups in total. The molecule has 1 rings (SSSR count). The maximum atomic E-state index is 5.83. The summed E-state index contributed by atoms with van der Waals surface area (Å²) < 4.78 is 5.83. The van der Waals surface area contributed by atoms with Gasteiger partial charge in [-0.3, -0.25) is 0 Å². The van der Waals surface area contributed by atoms with Gasteiger partial charge >= 0.3 is 0 Å². The molecule has 0 unspecified atom stereocenters. The fourth-order valence-electron chi connectivity index (χ4n) is 1.34. The van der Waals surface area contributed by atoms with Crippen LogP contribution in [-0.4, -0.2) is 27.3 Å². The summed E-state index contributed by atoms with van der Waals surface area (Å²) in [6, 6.07) is 0. The Morgan fingerprint density at radius 1 is 1.36 bits per heavy atom. The van der Waals surface area contributed by atoms with Crippen molar-refractivity contribution in [3.05, 3.63) is 0 Å². The zero-order valence-electron chi connectivity index (χ0n) is 9.85. The molecular weight excluding hydrogens is 256 g/mol. The number of alkyl halides is 1. The molecular formula is C11H23BrOSi. The lowest BCUT2D eigenvalue weighted by Gasteiger charge is -2.27. The Kier molecular flexibility index (Phi) is 4.66. The molecule has 0 aromatic heterocycles. The van der Waals surface area contributed by atoms with Crippen molar-refractivity contribution >= 4 is 24.7 Å². The van der Waals surface area contributed by atoms with Crippen molar-refractivity contribution in [2.45, 2.75) is 38.4 Å². The highest BCUT2D eigenvalue weighted by Crippen LogP contribution is 2.40. The molecule has 14 heavy (non-hydrogen) atoms. The average molecular weight is 279 g/mol.